The zero-order valence-corrected chi connectivity index (χ0v) is 10.9. The van der Waals surface area contributed by atoms with Crippen LogP contribution >= 0.6 is 15.9 Å². The highest BCUT2D eigenvalue weighted by molar-refractivity contribution is 9.10. The van der Waals surface area contributed by atoms with E-state index in [1.165, 1.54) is 6.07 Å². The van der Waals surface area contributed by atoms with Gasteiger partial charge in [-0.3, -0.25) is 0 Å². The van der Waals surface area contributed by atoms with E-state index in [0.29, 0.717) is 29.9 Å². The molecule has 0 aliphatic carbocycles. The van der Waals surface area contributed by atoms with E-state index in [1.807, 2.05) is 6.92 Å². The van der Waals surface area contributed by atoms with E-state index < -0.39 is 11.7 Å². The first-order chi connectivity index (χ1) is 7.95. The Morgan fingerprint density at radius 1 is 1.35 bits per heavy atom. The highest BCUT2D eigenvalue weighted by Gasteiger charge is 2.30. The average Bonchev–Trinajstić information content (AvgIpc) is 2.25. The van der Waals surface area contributed by atoms with E-state index in [-0.39, 0.29) is 0 Å². The van der Waals surface area contributed by atoms with Gasteiger partial charge in [0.1, 0.15) is 0 Å². The summed E-state index contributed by atoms with van der Waals surface area (Å²) in [5.74, 6) is 0. The number of benzene rings is 1. The molecule has 0 aromatic heterocycles. The van der Waals surface area contributed by atoms with Gasteiger partial charge in [0, 0.05) is 23.3 Å². The second-order valence-corrected chi connectivity index (χ2v) is 4.17. The highest BCUT2D eigenvalue weighted by atomic mass is 79.9. The van der Waals surface area contributed by atoms with Crippen LogP contribution in [0.15, 0.2) is 22.7 Å². The molecular weight excluding hydrogens is 299 g/mol. The predicted molar refractivity (Wildman–Crippen MR) is 64.1 cm³/mol. The highest BCUT2D eigenvalue weighted by Crippen LogP contribution is 2.33. The minimum atomic E-state index is -4.32. The van der Waals surface area contributed by atoms with Gasteiger partial charge in [-0.05, 0) is 41.1 Å². The molecule has 6 heteroatoms. The van der Waals surface area contributed by atoms with Crippen molar-refractivity contribution in [3.63, 3.8) is 0 Å². The molecule has 96 valence electrons. The van der Waals surface area contributed by atoms with Crippen LogP contribution in [-0.2, 0) is 10.9 Å². The van der Waals surface area contributed by atoms with E-state index >= 15 is 0 Å². The number of ether oxygens (including phenoxy) is 1. The van der Waals surface area contributed by atoms with Gasteiger partial charge in [-0.25, -0.2) is 0 Å². The lowest BCUT2D eigenvalue weighted by molar-refractivity contribution is -0.137. The smallest absolute Gasteiger partial charge is 0.382 e. The quantitative estimate of drug-likeness (QED) is 0.832. The third-order valence-corrected chi connectivity index (χ3v) is 2.75. The lowest BCUT2D eigenvalue weighted by atomic mass is 10.2. The Balaban J connectivity index is 2.70. The van der Waals surface area contributed by atoms with Crippen molar-refractivity contribution in [3.8, 4) is 0 Å². The van der Waals surface area contributed by atoms with Gasteiger partial charge in [-0.1, -0.05) is 0 Å². The van der Waals surface area contributed by atoms with Crippen LogP contribution in [0.5, 0.6) is 0 Å². The van der Waals surface area contributed by atoms with Crippen LogP contribution in [0, 0.1) is 0 Å². The molecule has 17 heavy (non-hydrogen) atoms. The molecule has 0 aliphatic heterocycles. The van der Waals surface area contributed by atoms with Crippen LogP contribution in [0.3, 0.4) is 0 Å². The molecule has 0 unspecified atom stereocenters. The van der Waals surface area contributed by atoms with Crippen molar-refractivity contribution in [2.45, 2.75) is 13.1 Å². The second kappa shape index (κ2) is 6.26. The van der Waals surface area contributed by atoms with Crippen LogP contribution in [0.25, 0.3) is 0 Å². The van der Waals surface area contributed by atoms with E-state index in [2.05, 4.69) is 21.2 Å². The molecule has 0 amide bonds. The van der Waals surface area contributed by atoms with Gasteiger partial charge in [-0.15, -0.1) is 0 Å². The second-order valence-electron chi connectivity index (χ2n) is 3.32. The fraction of sp³-hybridized carbons (Fsp3) is 0.455. The maximum absolute atomic E-state index is 12.5. The van der Waals surface area contributed by atoms with Gasteiger partial charge >= 0.3 is 6.18 Å². The maximum Gasteiger partial charge on any atom is 0.416 e. The monoisotopic (exact) mass is 311 g/mol. The number of anilines is 1. The lowest BCUT2D eigenvalue weighted by Crippen LogP contribution is -2.11. The van der Waals surface area contributed by atoms with E-state index in [4.69, 9.17) is 4.74 Å². The lowest BCUT2D eigenvalue weighted by Gasteiger charge is -2.12. The number of nitrogens with one attached hydrogen (secondary N) is 1. The minimum Gasteiger partial charge on any atom is -0.382 e. The summed E-state index contributed by atoms with van der Waals surface area (Å²) >= 11 is 3.20. The van der Waals surface area contributed by atoms with Crippen molar-refractivity contribution in [1.29, 1.82) is 0 Å². The van der Waals surface area contributed by atoms with Crippen molar-refractivity contribution in [2.24, 2.45) is 0 Å². The van der Waals surface area contributed by atoms with Crippen molar-refractivity contribution >= 4 is 21.6 Å². The van der Waals surface area contributed by atoms with Gasteiger partial charge in [-0.2, -0.15) is 13.2 Å². The first-order valence-electron chi connectivity index (χ1n) is 5.13. The zero-order valence-electron chi connectivity index (χ0n) is 9.27. The van der Waals surface area contributed by atoms with E-state index in [0.717, 1.165) is 12.1 Å². The Morgan fingerprint density at radius 2 is 2.06 bits per heavy atom. The van der Waals surface area contributed by atoms with Crippen LogP contribution in [0.1, 0.15) is 12.5 Å². The molecule has 1 aromatic carbocycles. The Bertz CT molecular complexity index is 368. The third-order valence-electron chi connectivity index (χ3n) is 2.06. The summed E-state index contributed by atoms with van der Waals surface area (Å²) in [6, 6.07) is 3.50. The molecule has 0 saturated heterocycles. The topological polar surface area (TPSA) is 21.3 Å². The van der Waals surface area contributed by atoms with Crippen LogP contribution < -0.4 is 5.32 Å². The summed E-state index contributed by atoms with van der Waals surface area (Å²) in [5.41, 5.74) is -0.251. The molecule has 0 atom stereocenters. The Labute approximate surface area is 106 Å². The van der Waals surface area contributed by atoms with Crippen molar-refractivity contribution in [2.75, 3.05) is 25.1 Å². The number of hydrogen-bond acceptors (Lipinski definition) is 2. The average molecular weight is 312 g/mol. The van der Waals surface area contributed by atoms with Gasteiger partial charge in [0.05, 0.1) is 12.2 Å². The van der Waals surface area contributed by atoms with Gasteiger partial charge in [0.2, 0.25) is 0 Å². The van der Waals surface area contributed by atoms with Crippen LogP contribution in [-0.4, -0.2) is 19.8 Å². The number of halogens is 4. The standard InChI is InChI=1S/C11H13BrF3NO/c1-2-17-6-5-16-10-7-8(11(13,14)15)3-4-9(10)12/h3-4,7,16H,2,5-6H2,1H3. The molecular formula is C11H13BrF3NO. The molecule has 0 spiro atoms. The summed E-state index contributed by atoms with van der Waals surface area (Å²) in [7, 11) is 0. The Kier molecular flexibility index (Phi) is 5.27. The summed E-state index contributed by atoms with van der Waals surface area (Å²) in [4.78, 5) is 0. The largest absolute Gasteiger partial charge is 0.416 e. The molecule has 2 nitrogen and oxygen atoms in total. The molecule has 0 saturated carbocycles. The number of alkyl halides is 3. The normalized spacial score (nSPS) is 11.6. The first kappa shape index (κ1) is 14.3. The fourth-order valence-electron chi connectivity index (χ4n) is 1.24. The summed E-state index contributed by atoms with van der Waals surface area (Å²) in [5, 5.41) is 2.89. The summed E-state index contributed by atoms with van der Waals surface area (Å²) in [6.45, 7) is 3.37. The van der Waals surface area contributed by atoms with Crippen LogP contribution in [0.2, 0.25) is 0 Å². The van der Waals surface area contributed by atoms with E-state index in [1.54, 1.807) is 0 Å². The molecule has 0 radical (unpaired) electrons. The van der Waals surface area contributed by atoms with Crippen molar-refractivity contribution < 1.29 is 17.9 Å². The number of hydrogen-bond donors (Lipinski definition) is 1. The Hall–Kier alpha value is -0.750. The molecule has 1 aromatic rings. The van der Waals surface area contributed by atoms with Gasteiger partial charge < -0.3 is 10.1 Å². The maximum atomic E-state index is 12.5. The molecule has 1 rings (SSSR count). The molecule has 0 heterocycles. The first-order valence-corrected chi connectivity index (χ1v) is 5.92. The van der Waals surface area contributed by atoms with Crippen molar-refractivity contribution in [1.82, 2.24) is 0 Å². The van der Waals surface area contributed by atoms with Crippen molar-refractivity contribution in [3.05, 3.63) is 28.2 Å². The van der Waals surface area contributed by atoms with Crippen LogP contribution in [0.4, 0.5) is 18.9 Å². The third kappa shape index (κ3) is 4.55. The SMILES string of the molecule is CCOCCNc1cc(C(F)(F)F)ccc1Br. The molecule has 1 N–H and O–H groups in total. The van der Waals surface area contributed by atoms with Gasteiger partial charge in [0.15, 0.2) is 0 Å². The molecule has 0 fully saturated rings. The van der Waals surface area contributed by atoms with Gasteiger partial charge in [0.25, 0.3) is 0 Å². The minimum absolute atomic E-state index is 0.416. The summed E-state index contributed by atoms with van der Waals surface area (Å²) < 4.78 is 43.1. The molecule has 0 aliphatic rings. The number of rotatable bonds is 5. The fourth-order valence-corrected chi connectivity index (χ4v) is 1.63. The Morgan fingerprint density at radius 3 is 2.65 bits per heavy atom. The predicted octanol–water partition coefficient (Wildman–Crippen LogP) is 3.92. The zero-order chi connectivity index (χ0) is 12.9. The summed E-state index contributed by atoms with van der Waals surface area (Å²) in [6.07, 6.45) is -4.32. The molecule has 0 bridgehead atoms. The van der Waals surface area contributed by atoms with E-state index in [9.17, 15) is 13.2 Å².